The van der Waals surface area contributed by atoms with Gasteiger partial charge in [-0.25, -0.2) is 13.6 Å². The Hall–Kier alpha value is -3.89. The van der Waals surface area contributed by atoms with Crippen molar-refractivity contribution in [1.29, 1.82) is 0 Å². The molecular weight excluding hydrogens is 380 g/mol. The molecule has 0 atom stereocenters. The number of non-ortho nitro benzene ring substituents is 1. The van der Waals surface area contributed by atoms with Crippen molar-refractivity contribution in [1.82, 2.24) is 5.32 Å². The summed E-state index contributed by atoms with van der Waals surface area (Å²) in [5.74, 6) is -4.69. The highest BCUT2D eigenvalue weighted by atomic mass is 19.2. The Balaban J connectivity index is 1.78. The molecule has 28 heavy (non-hydrogen) atoms. The molecule has 11 heteroatoms. The Kier molecular flexibility index (Phi) is 6.68. The first-order valence-electron chi connectivity index (χ1n) is 7.69. The van der Waals surface area contributed by atoms with E-state index in [9.17, 15) is 33.3 Å². The van der Waals surface area contributed by atoms with E-state index in [-0.39, 0.29) is 16.9 Å². The zero-order valence-corrected chi connectivity index (χ0v) is 14.1. The number of nitro groups is 1. The molecule has 9 nitrogen and oxygen atoms in total. The van der Waals surface area contributed by atoms with Crippen molar-refractivity contribution in [2.45, 2.75) is 0 Å². The van der Waals surface area contributed by atoms with Gasteiger partial charge in [-0.05, 0) is 18.2 Å². The van der Waals surface area contributed by atoms with E-state index in [1.165, 1.54) is 18.2 Å². The molecule has 2 aromatic rings. The number of amides is 2. The van der Waals surface area contributed by atoms with Crippen LogP contribution in [0.3, 0.4) is 0 Å². The quantitative estimate of drug-likeness (QED) is 0.419. The molecule has 0 aromatic heterocycles. The van der Waals surface area contributed by atoms with Crippen LogP contribution in [0.15, 0.2) is 42.5 Å². The molecule has 2 amide bonds. The van der Waals surface area contributed by atoms with E-state index in [1.807, 2.05) is 0 Å². The standard InChI is InChI=1S/C17H13F2N3O6/c18-13-5-4-11(7-14(13)19)21-15(23)8-20-16(24)9-28-17(25)10-2-1-3-12(6-10)22(26)27/h1-7H,8-9H2,(H,20,24)(H,21,23). The number of benzene rings is 2. The van der Waals surface area contributed by atoms with Crippen LogP contribution in [0, 0.1) is 21.7 Å². The molecule has 0 unspecified atom stereocenters. The molecular formula is C17H13F2N3O6. The Morgan fingerprint density at radius 2 is 1.79 bits per heavy atom. The molecule has 0 aliphatic heterocycles. The average molecular weight is 393 g/mol. The summed E-state index contributed by atoms with van der Waals surface area (Å²) < 4.78 is 30.6. The minimum atomic E-state index is -1.14. The second kappa shape index (κ2) is 9.16. The highest BCUT2D eigenvalue weighted by molar-refractivity contribution is 5.95. The average Bonchev–Trinajstić information content (AvgIpc) is 2.67. The summed E-state index contributed by atoms with van der Waals surface area (Å²) in [6.07, 6.45) is 0. The molecule has 0 fully saturated rings. The summed E-state index contributed by atoms with van der Waals surface area (Å²) >= 11 is 0. The van der Waals surface area contributed by atoms with Crippen molar-refractivity contribution < 1.29 is 32.8 Å². The number of hydrogen-bond donors (Lipinski definition) is 2. The zero-order chi connectivity index (χ0) is 20.7. The fourth-order valence-electron chi connectivity index (χ4n) is 1.97. The normalized spacial score (nSPS) is 10.1. The van der Waals surface area contributed by atoms with Crippen LogP contribution in [0.5, 0.6) is 0 Å². The molecule has 0 radical (unpaired) electrons. The maximum Gasteiger partial charge on any atom is 0.338 e. The summed E-state index contributed by atoms with van der Waals surface area (Å²) in [5.41, 5.74) is -0.430. The molecule has 0 spiro atoms. The highest BCUT2D eigenvalue weighted by Crippen LogP contribution is 2.14. The van der Waals surface area contributed by atoms with Crippen molar-refractivity contribution in [3.63, 3.8) is 0 Å². The van der Waals surface area contributed by atoms with Crippen LogP contribution in [0.1, 0.15) is 10.4 Å². The van der Waals surface area contributed by atoms with Gasteiger partial charge in [0, 0.05) is 23.9 Å². The minimum Gasteiger partial charge on any atom is -0.452 e. The van der Waals surface area contributed by atoms with E-state index in [0.29, 0.717) is 0 Å². The first-order valence-corrected chi connectivity index (χ1v) is 7.69. The van der Waals surface area contributed by atoms with Crippen LogP contribution in [0.25, 0.3) is 0 Å². The van der Waals surface area contributed by atoms with Crippen LogP contribution in [0.2, 0.25) is 0 Å². The molecule has 2 rings (SSSR count). The van der Waals surface area contributed by atoms with Gasteiger partial charge in [0.05, 0.1) is 17.0 Å². The number of ether oxygens (including phenoxy) is 1. The summed E-state index contributed by atoms with van der Waals surface area (Å²) in [7, 11) is 0. The predicted molar refractivity (Wildman–Crippen MR) is 91.4 cm³/mol. The van der Waals surface area contributed by atoms with Gasteiger partial charge in [-0.3, -0.25) is 19.7 Å². The van der Waals surface area contributed by atoms with Crippen molar-refractivity contribution >= 4 is 29.2 Å². The highest BCUT2D eigenvalue weighted by Gasteiger charge is 2.14. The number of carbonyl (C=O) groups is 3. The predicted octanol–water partition coefficient (Wildman–Crippen LogP) is 1.78. The fourth-order valence-corrected chi connectivity index (χ4v) is 1.97. The van der Waals surface area contributed by atoms with E-state index in [1.54, 1.807) is 0 Å². The summed E-state index contributed by atoms with van der Waals surface area (Å²) in [4.78, 5) is 45.1. The van der Waals surface area contributed by atoms with Crippen molar-refractivity contribution in [3.8, 4) is 0 Å². The van der Waals surface area contributed by atoms with E-state index < -0.39 is 47.5 Å². The molecule has 0 saturated heterocycles. The minimum absolute atomic E-state index is 0.00440. The number of rotatable bonds is 7. The van der Waals surface area contributed by atoms with Gasteiger partial charge < -0.3 is 15.4 Å². The topological polar surface area (TPSA) is 128 Å². The number of hydrogen-bond acceptors (Lipinski definition) is 6. The maximum absolute atomic E-state index is 13.0. The van der Waals surface area contributed by atoms with Crippen LogP contribution >= 0.6 is 0 Å². The van der Waals surface area contributed by atoms with Gasteiger partial charge in [-0.2, -0.15) is 0 Å². The van der Waals surface area contributed by atoms with Gasteiger partial charge in [0.15, 0.2) is 18.2 Å². The molecule has 2 aromatic carbocycles. The Labute approximate surface area is 156 Å². The van der Waals surface area contributed by atoms with E-state index in [2.05, 4.69) is 10.6 Å². The zero-order valence-electron chi connectivity index (χ0n) is 14.1. The maximum atomic E-state index is 13.0. The van der Waals surface area contributed by atoms with Gasteiger partial charge in [-0.15, -0.1) is 0 Å². The molecule has 2 N–H and O–H groups in total. The number of halogens is 2. The molecule has 146 valence electrons. The smallest absolute Gasteiger partial charge is 0.338 e. The number of carbonyl (C=O) groups excluding carboxylic acids is 3. The van der Waals surface area contributed by atoms with Crippen LogP contribution < -0.4 is 10.6 Å². The van der Waals surface area contributed by atoms with E-state index in [4.69, 9.17) is 4.74 Å². The molecule has 0 aliphatic rings. The molecule has 0 heterocycles. The first-order chi connectivity index (χ1) is 13.3. The third-order valence-electron chi connectivity index (χ3n) is 3.28. The lowest BCUT2D eigenvalue weighted by Crippen LogP contribution is -2.35. The number of nitrogens with one attached hydrogen (secondary N) is 2. The first kappa shape index (κ1) is 20.4. The van der Waals surface area contributed by atoms with Gasteiger partial charge in [-0.1, -0.05) is 6.07 Å². The molecule has 0 saturated carbocycles. The number of esters is 1. The lowest BCUT2D eigenvalue weighted by atomic mass is 10.2. The third-order valence-corrected chi connectivity index (χ3v) is 3.28. The summed E-state index contributed by atoms with van der Waals surface area (Å²) in [6, 6.07) is 7.50. The lowest BCUT2D eigenvalue weighted by molar-refractivity contribution is -0.384. The van der Waals surface area contributed by atoms with Crippen molar-refractivity contribution in [2.24, 2.45) is 0 Å². The second-order valence-corrected chi connectivity index (χ2v) is 5.34. The molecule has 0 bridgehead atoms. The SMILES string of the molecule is O=C(COC(=O)c1cccc([N+](=O)[O-])c1)NCC(=O)Nc1ccc(F)c(F)c1. The monoisotopic (exact) mass is 393 g/mol. The van der Waals surface area contributed by atoms with E-state index >= 15 is 0 Å². The van der Waals surface area contributed by atoms with Gasteiger partial charge in [0.25, 0.3) is 11.6 Å². The van der Waals surface area contributed by atoms with Crippen LogP contribution in [0.4, 0.5) is 20.2 Å². The fraction of sp³-hybridized carbons (Fsp3) is 0.118. The second-order valence-electron chi connectivity index (χ2n) is 5.34. The Morgan fingerprint density at radius 1 is 1.04 bits per heavy atom. The lowest BCUT2D eigenvalue weighted by Gasteiger charge is -2.08. The van der Waals surface area contributed by atoms with Crippen LogP contribution in [-0.4, -0.2) is 35.9 Å². The van der Waals surface area contributed by atoms with Crippen LogP contribution in [-0.2, 0) is 14.3 Å². The van der Waals surface area contributed by atoms with Crippen molar-refractivity contribution in [2.75, 3.05) is 18.5 Å². The summed E-state index contributed by atoms with van der Waals surface area (Å²) in [6.45, 7) is -1.23. The Morgan fingerprint density at radius 3 is 2.46 bits per heavy atom. The molecule has 0 aliphatic carbocycles. The largest absolute Gasteiger partial charge is 0.452 e. The number of anilines is 1. The van der Waals surface area contributed by atoms with E-state index in [0.717, 1.165) is 24.3 Å². The number of nitro benzene ring substituents is 1. The third kappa shape index (κ3) is 5.83. The van der Waals surface area contributed by atoms with Gasteiger partial charge in [0.1, 0.15) is 0 Å². The van der Waals surface area contributed by atoms with Gasteiger partial charge >= 0.3 is 5.97 Å². The number of nitrogens with zero attached hydrogens (tertiary/aromatic N) is 1. The van der Waals surface area contributed by atoms with Gasteiger partial charge in [0.2, 0.25) is 5.91 Å². The Bertz CT molecular complexity index is 935. The summed E-state index contributed by atoms with van der Waals surface area (Å²) in [5, 5.41) is 15.1. The van der Waals surface area contributed by atoms with Crippen molar-refractivity contribution in [3.05, 3.63) is 69.8 Å².